The smallest absolute Gasteiger partial charge is 0.160 e. The van der Waals surface area contributed by atoms with E-state index in [9.17, 15) is 0 Å². The normalized spacial score (nSPS) is 18.8. The van der Waals surface area contributed by atoms with Gasteiger partial charge in [-0.15, -0.1) is 0 Å². The van der Waals surface area contributed by atoms with Gasteiger partial charge in [0.15, 0.2) is 5.82 Å². The number of hydrogen-bond donors (Lipinski definition) is 0. The molecule has 0 atom stereocenters. The highest BCUT2D eigenvalue weighted by Crippen LogP contribution is 2.33. The van der Waals surface area contributed by atoms with Crippen LogP contribution in [0.3, 0.4) is 0 Å². The molecule has 0 spiro atoms. The minimum absolute atomic E-state index is 0.368. The van der Waals surface area contributed by atoms with Crippen molar-refractivity contribution in [1.29, 1.82) is 0 Å². The van der Waals surface area contributed by atoms with Crippen LogP contribution < -0.4 is 0 Å². The van der Waals surface area contributed by atoms with Crippen molar-refractivity contribution in [2.45, 2.75) is 37.1 Å². The third-order valence-corrected chi connectivity index (χ3v) is 4.14. The molecular weight excluding hydrogens is 296 g/mol. The second-order valence-corrected chi connectivity index (χ2v) is 5.02. The Balaban J connectivity index is 2.36. The molecule has 1 aliphatic rings. The van der Waals surface area contributed by atoms with Crippen LogP contribution in [0.5, 0.6) is 0 Å². The van der Waals surface area contributed by atoms with Crippen LogP contribution in [0.2, 0.25) is 0 Å². The number of aryl methyl sites for hydroxylation is 1. The molecule has 0 aromatic carbocycles. The first-order valence-corrected chi connectivity index (χ1v) is 7.42. The Bertz CT molecular complexity index is 406. The molecule has 0 saturated carbocycles. The van der Waals surface area contributed by atoms with Crippen molar-refractivity contribution in [2.24, 2.45) is 0 Å². The fraction of sp³-hybridized carbons (Fsp3) is 0.692. The van der Waals surface area contributed by atoms with Crippen LogP contribution in [0.15, 0.2) is 6.20 Å². The summed E-state index contributed by atoms with van der Waals surface area (Å²) in [5, 5.41) is 0.791. The van der Waals surface area contributed by atoms with E-state index < -0.39 is 0 Å². The summed E-state index contributed by atoms with van der Waals surface area (Å²) in [6, 6.07) is 0. The first kappa shape index (κ1) is 13.9. The number of methoxy groups -OCH3 is 1. The minimum Gasteiger partial charge on any atom is -0.381 e. The lowest BCUT2D eigenvalue weighted by molar-refractivity contribution is -0.100. The predicted molar refractivity (Wildman–Crippen MR) is 72.8 cm³/mol. The number of aromatic nitrogens is 2. The van der Waals surface area contributed by atoms with E-state index in [4.69, 9.17) is 14.5 Å². The van der Waals surface area contributed by atoms with Crippen molar-refractivity contribution in [3.8, 4) is 0 Å². The summed E-state index contributed by atoms with van der Waals surface area (Å²) >= 11 is 3.47. The lowest BCUT2D eigenvalue weighted by Crippen LogP contribution is -2.37. The molecule has 1 fully saturated rings. The lowest BCUT2D eigenvalue weighted by atomic mass is 9.92. The molecule has 1 aromatic heterocycles. The summed E-state index contributed by atoms with van der Waals surface area (Å²) in [6.45, 7) is 3.53. The van der Waals surface area contributed by atoms with E-state index >= 15 is 0 Å². The highest BCUT2D eigenvalue weighted by atomic mass is 79.9. The Morgan fingerprint density at radius 3 is 2.72 bits per heavy atom. The maximum Gasteiger partial charge on any atom is 0.160 e. The maximum atomic E-state index is 5.72. The number of nitrogens with zero attached hydrogens (tertiary/aromatic N) is 2. The second-order valence-electron chi connectivity index (χ2n) is 4.46. The molecule has 0 amide bonds. The van der Waals surface area contributed by atoms with E-state index in [1.165, 1.54) is 0 Å². The lowest BCUT2D eigenvalue weighted by Gasteiger charge is -2.34. The Hall–Kier alpha value is -0.520. The zero-order chi connectivity index (χ0) is 13.0. The first-order chi connectivity index (χ1) is 8.75. The van der Waals surface area contributed by atoms with E-state index in [1.54, 1.807) is 7.11 Å². The predicted octanol–water partition coefficient (Wildman–Crippen LogP) is 2.59. The van der Waals surface area contributed by atoms with Crippen molar-refractivity contribution >= 4 is 15.9 Å². The van der Waals surface area contributed by atoms with Crippen molar-refractivity contribution in [3.63, 3.8) is 0 Å². The molecule has 0 N–H and O–H groups in total. The highest BCUT2D eigenvalue weighted by molar-refractivity contribution is 9.08. The standard InChI is InChI=1S/C13H19BrN2O2/c1-3-11-10(8-14)9-15-12(16-11)13(17-2)4-6-18-7-5-13/h9H,3-8H2,1-2H3. The summed E-state index contributed by atoms with van der Waals surface area (Å²) in [5.74, 6) is 0.801. The molecule has 4 nitrogen and oxygen atoms in total. The SMILES string of the molecule is CCc1nc(C2(OC)CCOCC2)ncc1CBr. The third-order valence-electron chi connectivity index (χ3n) is 3.53. The van der Waals surface area contributed by atoms with Gasteiger partial charge in [-0.1, -0.05) is 22.9 Å². The van der Waals surface area contributed by atoms with E-state index in [1.807, 2.05) is 6.20 Å². The van der Waals surface area contributed by atoms with E-state index in [0.717, 1.165) is 41.7 Å². The Morgan fingerprint density at radius 2 is 2.17 bits per heavy atom. The number of ether oxygens (including phenoxy) is 2. The summed E-state index contributed by atoms with van der Waals surface area (Å²) in [4.78, 5) is 9.21. The Kier molecular flexibility index (Phi) is 4.70. The van der Waals surface area contributed by atoms with Crippen LogP contribution in [0.1, 0.15) is 36.8 Å². The van der Waals surface area contributed by atoms with Crippen LogP contribution in [-0.2, 0) is 26.8 Å². The molecule has 0 bridgehead atoms. The quantitative estimate of drug-likeness (QED) is 0.801. The molecular formula is C13H19BrN2O2. The molecule has 2 heterocycles. The van der Waals surface area contributed by atoms with Gasteiger partial charge in [-0.3, -0.25) is 0 Å². The summed E-state index contributed by atoms with van der Waals surface area (Å²) in [7, 11) is 1.73. The minimum atomic E-state index is -0.368. The molecule has 0 aliphatic carbocycles. The topological polar surface area (TPSA) is 44.2 Å². The zero-order valence-corrected chi connectivity index (χ0v) is 12.5. The molecule has 0 radical (unpaired) electrons. The first-order valence-electron chi connectivity index (χ1n) is 6.30. The van der Waals surface area contributed by atoms with Gasteiger partial charge in [0.25, 0.3) is 0 Å². The third kappa shape index (κ3) is 2.58. The molecule has 100 valence electrons. The largest absolute Gasteiger partial charge is 0.381 e. The maximum absolute atomic E-state index is 5.72. The van der Waals surface area contributed by atoms with Crippen molar-refractivity contribution in [2.75, 3.05) is 20.3 Å². The van der Waals surface area contributed by atoms with Gasteiger partial charge in [-0.25, -0.2) is 9.97 Å². The summed E-state index contributed by atoms with van der Waals surface area (Å²) < 4.78 is 11.1. The summed E-state index contributed by atoms with van der Waals surface area (Å²) in [5.41, 5.74) is 1.88. The molecule has 0 unspecified atom stereocenters. The molecule has 18 heavy (non-hydrogen) atoms. The highest BCUT2D eigenvalue weighted by Gasteiger charge is 2.37. The van der Waals surface area contributed by atoms with Crippen molar-refractivity contribution in [1.82, 2.24) is 9.97 Å². The average Bonchev–Trinajstić information content (AvgIpc) is 2.47. The zero-order valence-electron chi connectivity index (χ0n) is 10.9. The number of hydrogen-bond acceptors (Lipinski definition) is 4. The van der Waals surface area contributed by atoms with Gasteiger partial charge in [0.05, 0.1) is 0 Å². The van der Waals surface area contributed by atoms with Crippen LogP contribution >= 0.6 is 15.9 Å². The van der Waals surface area contributed by atoms with Gasteiger partial charge in [-0.2, -0.15) is 0 Å². The molecule has 1 aliphatic heterocycles. The van der Waals surface area contributed by atoms with Gasteiger partial charge in [0.2, 0.25) is 0 Å². The number of rotatable bonds is 4. The van der Waals surface area contributed by atoms with Crippen LogP contribution in [0, 0.1) is 0 Å². The Labute approximate surface area is 116 Å². The molecule has 5 heteroatoms. The van der Waals surface area contributed by atoms with E-state index in [0.29, 0.717) is 13.2 Å². The molecule has 1 saturated heterocycles. The monoisotopic (exact) mass is 314 g/mol. The number of halogens is 1. The Morgan fingerprint density at radius 1 is 1.44 bits per heavy atom. The van der Waals surface area contributed by atoms with Crippen LogP contribution in [0.25, 0.3) is 0 Å². The fourth-order valence-corrected chi connectivity index (χ4v) is 2.77. The van der Waals surface area contributed by atoms with Gasteiger partial charge < -0.3 is 9.47 Å². The molecule has 2 rings (SSSR count). The van der Waals surface area contributed by atoms with Crippen molar-refractivity contribution in [3.05, 3.63) is 23.3 Å². The average molecular weight is 315 g/mol. The van der Waals surface area contributed by atoms with Gasteiger partial charge >= 0.3 is 0 Å². The van der Waals surface area contributed by atoms with E-state index in [-0.39, 0.29) is 5.60 Å². The second kappa shape index (κ2) is 6.08. The van der Waals surface area contributed by atoms with Gasteiger partial charge in [0.1, 0.15) is 5.60 Å². The van der Waals surface area contributed by atoms with Crippen molar-refractivity contribution < 1.29 is 9.47 Å². The fourth-order valence-electron chi connectivity index (χ4n) is 2.30. The van der Waals surface area contributed by atoms with Gasteiger partial charge in [0, 0.05) is 55.9 Å². The van der Waals surface area contributed by atoms with E-state index in [2.05, 4.69) is 27.8 Å². The molecule has 1 aromatic rings. The van der Waals surface area contributed by atoms with Crippen LogP contribution in [-0.4, -0.2) is 30.3 Å². The summed E-state index contributed by atoms with van der Waals surface area (Å²) in [6.07, 6.45) is 4.46. The van der Waals surface area contributed by atoms with Crippen LogP contribution in [0.4, 0.5) is 0 Å². The van der Waals surface area contributed by atoms with Gasteiger partial charge in [-0.05, 0) is 6.42 Å². The number of alkyl halides is 1.